The van der Waals surface area contributed by atoms with Crippen LogP contribution in [0.25, 0.3) is 0 Å². The molecule has 0 aromatic heterocycles. The Kier molecular flexibility index (Phi) is 54.0. The summed E-state index contributed by atoms with van der Waals surface area (Å²) in [6, 6.07) is 0. The molecule has 0 amide bonds. The number of nitrogens with zero attached hydrogens (tertiary/aromatic N) is 3. The normalized spacial score (nSPS) is 16.0. The van der Waals surface area contributed by atoms with Gasteiger partial charge >= 0.3 is 0 Å². The second kappa shape index (κ2) is 54.2. The molecule has 452 valence electrons. The fourth-order valence-electron chi connectivity index (χ4n) is 11.0. The van der Waals surface area contributed by atoms with E-state index in [9.17, 15) is 25.5 Å². The average Bonchev–Trinajstić information content (AvgIpc) is 3.40. The van der Waals surface area contributed by atoms with Crippen molar-refractivity contribution in [3.63, 3.8) is 0 Å². The van der Waals surface area contributed by atoms with Crippen LogP contribution in [0.1, 0.15) is 300 Å². The van der Waals surface area contributed by atoms with Gasteiger partial charge in [-0.15, -0.1) is 0 Å². The van der Waals surface area contributed by atoms with Gasteiger partial charge in [-0.2, -0.15) is 0 Å². The van der Waals surface area contributed by atoms with Gasteiger partial charge in [0.25, 0.3) is 0 Å². The van der Waals surface area contributed by atoms with Crippen molar-refractivity contribution in [3.8, 4) is 0 Å². The predicted octanol–water partition coefficient (Wildman–Crippen LogP) is 15.4. The molecule has 0 fully saturated rings. The highest BCUT2D eigenvalue weighted by Crippen LogP contribution is 2.22. The van der Waals surface area contributed by atoms with Crippen LogP contribution in [-0.4, -0.2) is 143 Å². The molecule has 0 spiro atoms. The summed E-state index contributed by atoms with van der Waals surface area (Å²) in [5.41, 5.74) is 0. The monoisotopic (exact) mass is 1070 g/mol. The third kappa shape index (κ3) is 46.0. The maximum Gasteiger partial charge on any atom is 0.0692 e. The Labute approximate surface area is 469 Å². The van der Waals surface area contributed by atoms with Crippen LogP contribution in [0, 0.1) is 23.7 Å². The first kappa shape index (κ1) is 74.6. The fraction of sp³-hybridized carbons (Fsp3) is 1.00. The second-order valence-corrected chi connectivity index (χ2v) is 24.9. The van der Waals surface area contributed by atoms with Gasteiger partial charge in [-0.05, 0) is 55.8 Å². The van der Waals surface area contributed by atoms with Gasteiger partial charge in [0.05, 0.1) is 30.5 Å². The Morgan fingerprint density at radius 3 is 0.840 bits per heavy atom. The molecule has 0 aromatic rings. The molecule has 0 rings (SSSR count). The summed E-state index contributed by atoms with van der Waals surface area (Å²) in [4.78, 5) is 7.16. The molecule has 0 radical (unpaired) electrons. The van der Waals surface area contributed by atoms with Crippen molar-refractivity contribution in [3.05, 3.63) is 0 Å². The maximum atomic E-state index is 11.8. The van der Waals surface area contributed by atoms with Crippen molar-refractivity contribution in [2.45, 2.75) is 330 Å². The first-order chi connectivity index (χ1) is 36.3. The second-order valence-electron chi connectivity index (χ2n) is 24.9. The van der Waals surface area contributed by atoms with Crippen molar-refractivity contribution < 1.29 is 25.5 Å². The minimum absolute atomic E-state index is 0.201. The molecule has 0 aliphatic rings. The standard InChI is InChI=1S/C66H138N4O5/c1-10-15-19-23-27-31-35-39-43-58(6)63(72)53-67-47-48-68(49-51-69(54-62(71)14-5)55-64(73)59(7)44-40-36-32-28-24-20-16-11-2)50-52-70(56-65(74)60(8)45-41-37-33-29-25-21-17-12-3)57-66(75)61(9)46-42-38-34-30-26-22-18-13-4/h58-67,71-75H,10-57H2,1-9H3. The summed E-state index contributed by atoms with van der Waals surface area (Å²) >= 11 is 0. The molecule has 75 heavy (non-hydrogen) atoms. The van der Waals surface area contributed by atoms with Crippen molar-refractivity contribution in [2.24, 2.45) is 23.7 Å². The van der Waals surface area contributed by atoms with Crippen LogP contribution in [0.15, 0.2) is 0 Å². The Morgan fingerprint density at radius 1 is 0.293 bits per heavy atom. The van der Waals surface area contributed by atoms with Gasteiger partial charge in [-0.1, -0.05) is 268 Å². The van der Waals surface area contributed by atoms with E-state index in [-0.39, 0.29) is 29.8 Å². The van der Waals surface area contributed by atoms with Crippen molar-refractivity contribution in [2.75, 3.05) is 72.0 Å². The maximum absolute atomic E-state index is 11.8. The SMILES string of the molecule is CCCCCCCCCCC(C)C(O)CNCCN(CCN(CC(O)CC)CC(O)C(C)CCCCCCCCCC)CCN(CC(O)C(C)CCCCCCCCCC)CC(O)C(C)CCCCCCCCCC. The lowest BCUT2D eigenvalue weighted by Gasteiger charge is -2.35. The van der Waals surface area contributed by atoms with Crippen molar-refractivity contribution >= 4 is 0 Å². The fourth-order valence-corrected chi connectivity index (χ4v) is 11.0. The zero-order valence-electron chi connectivity index (χ0n) is 52.2. The van der Waals surface area contributed by atoms with E-state index in [1.165, 1.54) is 186 Å². The molecule has 0 saturated heterocycles. The quantitative estimate of drug-likeness (QED) is 0.0331. The smallest absolute Gasteiger partial charge is 0.0692 e. The molecule has 9 nitrogen and oxygen atoms in total. The van der Waals surface area contributed by atoms with E-state index < -0.39 is 24.4 Å². The van der Waals surface area contributed by atoms with Crippen LogP contribution in [-0.2, 0) is 0 Å². The van der Waals surface area contributed by atoms with Crippen LogP contribution in [0.5, 0.6) is 0 Å². The van der Waals surface area contributed by atoms with Crippen LogP contribution in [0.2, 0.25) is 0 Å². The molecular weight excluding hydrogens is 929 g/mol. The highest BCUT2D eigenvalue weighted by atomic mass is 16.3. The number of aliphatic hydroxyl groups is 5. The lowest BCUT2D eigenvalue weighted by molar-refractivity contribution is 0.0195. The summed E-state index contributed by atoms with van der Waals surface area (Å²) in [6.07, 6.45) is 44.1. The minimum Gasteiger partial charge on any atom is -0.392 e. The summed E-state index contributed by atoms with van der Waals surface area (Å²) in [7, 11) is 0. The molecule has 9 heteroatoms. The molecule has 0 aliphatic carbocycles. The number of unbranched alkanes of at least 4 members (excludes halogenated alkanes) is 28. The van der Waals surface area contributed by atoms with Gasteiger partial charge in [-0.3, -0.25) is 14.7 Å². The van der Waals surface area contributed by atoms with Gasteiger partial charge in [0.2, 0.25) is 0 Å². The van der Waals surface area contributed by atoms with E-state index in [1.54, 1.807) is 0 Å². The molecule has 6 N–H and O–H groups in total. The summed E-state index contributed by atoms with van der Waals surface area (Å²) in [5, 5.41) is 60.9. The van der Waals surface area contributed by atoms with Crippen LogP contribution < -0.4 is 5.32 Å². The number of aliphatic hydroxyl groups excluding tert-OH is 5. The van der Waals surface area contributed by atoms with E-state index in [4.69, 9.17) is 0 Å². The number of rotatable bonds is 60. The van der Waals surface area contributed by atoms with Crippen molar-refractivity contribution in [1.29, 1.82) is 0 Å². The first-order valence-electron chi connectivity index (χ1n) is 33.6. The molecule has 0 aliphatic heterocycles. The van der Waals surface area contributed by atoms with Crippen LogP contribution in [0.3, 0.4) is 0 Å². The van der Waals surface area contributed by atoms with E-state index in [1.807, 2.05) is 6.92 Å². The zero-order valence-corrected chi connectivity index (χ0v) is 52.2. The molecular formula is C66H138N4O5. The molecule has 9 unspecified atom stereocenters. The molecule has 0 heterocycles. The van der Waals surface area contributed by atoms with E-state index in [0.717, 1.165) is 84.2 Å². The molecule has 0 aromatic carbocycles. The minimum atomic E-state index is -0.450. The molecule has 0 bridgehead atoms. The van der Waals surface area contributed by atoms with Gasteiger partial charge in [-0.25, -0.2) is 0 Å². The van der Waals surface area contributed by atoms with Gasteiger partial charge in [0.15, 0.2) is 0 Å². The van der Waals surface area contributed by atoms with Crippen LogP contribution in [0.4, 0.5) is 0 Å². The Bertz CT molecular complexity index is 1100. The Balaban J connectivity index is 6.02. The lowest BCUT2D eigenvalue weighted by atomic mass is 9.94. The third-order valence-corrected chi connectivity index (χ3v) is 17.4. The summed E-state index contributed by atoms with van der Waals surface area (Å²) < 4.78 is 0. The zero-order chi connectivity index (χ0) is 55.6. The first-order valence-corrected chi connectivity index (χ1v) is 33.6. The Hall–Kier alpha value is -0.360. The van der Waals surface area contributed by atoms with Gasteiger partial charge in [0, 0.05) is 72.0 Å². The lowest BCUT2D eigenvalue weighted by Crippen LogP contribution is -2.48. The number of nitrogens with one attached hydrogen (secondary N) is 1. The van der Waals surface area contributed by atoms with Crippen LogP contribution >= 0.6 is 0 Å². The predicted molar refractivity (Wildman–Crippen MR) is 328 cm³/mol. The molecule has 9 atom stereocenters. The molecule has 0 saturated carbocycles. The summed E-state index contributed by atoms with van der Waals surface area (Å²) in [5.74, 6) is 0.872. The van der Waals surface area contributed by atoms with Gasteiger partial charge in [0.1, 0.15) is 0 Å². The van der Waals surface area contributed by atoms with Crippen molar-refractivity contribution in [1.82, 2.24) is 20.0 Å². The van der Waals surface area contributed by atoms with E-state index in [0.29, 0.717) is 39.1 Å². The average molecular weight is 1070 g/mol. The Morgan fingerprint density at radius 2 is 0.547 bits per heavy atom. The highest BCUT2D eigenvalue weighted by Gasteiger charge is 2.25. The summed E-state index contributed by atoms with van der Waals surface area (Å²) in [6.45, 7) is 27.4. The highest BCUT2D eigenvalue weighted by molar-refractivity contribution is 4.79. The van der Waals surface area contributed by atoms with E-state index >= 15 is 0 Å². The topological polar surface area (TPSA) is 123 Å². The number of hydrogen-bond donors (Lipinski definition) is 6. The van der Waals surface area contributed by atoms with Gasteiger partial charge < -0.3 is 30.8 Å². The third-order valence-electron chi connectivity index (χ3n) is 17.4. The van der Waals surface area contributed by atoms with E-state index in [2.05, 4.69) is 75.4 Å². The number of hydrogen-bond acceptors (Lipinski definition) is 9. The largest absolute Gasteiger partial charge is 0.392 e.